The van der Waals surface area contributed by atoms with Crippen LogP contribution in [-0.2, 0) is 6.42 Å². The summed E-state index contributed by atoms with van der Waals surface area (Å²) >= 11 is 0. The Morgan fingerprint density at radius 3 is 2.37 bits per heavy atom. The van der Waals surface area contributed by atoms with Gasteiger partial charge in [0, 0.05) is 11.5 Å². The maximum Gasteiger partial charge on any atom is 0.349 e. The number of aryl methyl sites for hydroxylation is 1. The van der Waals surface area contributed by atoms with Gasteiger partial charge in [0.15, 0.2) is 0 Å². The van der Waals surface area contributed by atoms with Crippen LogP contribution in [-0.4, -0.2) is 5.97 Å². The lowest BCUT2D eigenvalue weighted by Gasteiger charge is -2.11. The van der Waals surface area contributed by atoms with E-state index in [1.807, 2.05) is 18.2 Å². The number of unbranched alkanes of at least 4 members (excludes halogenated alkanes) is 4. The number of fused-ring (bicyclic) bond motifs is 3. The number of hydrogen-bond acceptors (Lipinski definition) is 3. The van der Waals surface area contributed by atoms with Crippen molar-refractivity contribution >= 4 is 27.5 Å². The lowest BCUT2D eigenvalue weighted by molar-refractivity contribution is 0.0724. The molecule has 0 aromatic heterocycles. The zero-order valence-electron chi connectivity index (χ0n) is 19.3. The zero-order chi connectivity index (χ0) is 24.9. The van der Waals surface area contributed by atoms with Crippen LogP contribution in [0.2, 0.25) is 0 Å². The molecule has 0 saturated heterocycles. The molecule has 0 spiro atoms. The predicted molar refractivity (Wildman–Crippen MR) is 130 cm³/mol. The van der Waals surface area contributed by atoms with Crippen molar-refractivity contribution < 1.29 is 22.7 Å². The third kappa shape index (κ3) is 5.14. The van der Waals surface area contributed by atoms with Crippen LogP contribution in [0.5, 0.6) is 5.75 Å². The summed E-state index contributed by atoms with van der Waals surface area (Å²) in [6, 6.07) is 15.0. The Kier molecular flexibility index (Phi) is 7.36. The normalized spacial score (nSPS) is 11.1. The lowest BCUT2D eigenvalue weighted by Crippen LogP contribution is -2.14. The van der Waals surface area contributed by atoms with Gasteiger partial charge in [-0.25, -0.2) is 18.0 Å². The van der Waals surface area contributed by atoms with Crippen LogP contribution in [0.15, 0.2) is 54.6 Å². The van der Waals surface area contributed by atoms with Gasteiger partial charge < -0.3 is 4.74 Å². The lowest BCUT2D eigenvalue weighted by atomic mass is 9.96. The first kappa shape index (κ1) is 24.3. The molecule has 35 heavy (non-hydrogen) atoms. The number of hydrogen-bond donors (Lipinski definition) is 0. The van der Waals surface area contributed by atoms with E-state index in [9.17, 15) is 13.6 Å². The van der Waals surface area contributed by atoms with Gasteiger partial charge in [-0.2, -0.15) is 5.26 Å². The van der Waals surface area contributed by atoms with E-state index in [4.69, 9.17) is 10.00 Å². The van der Waals surface area contributed by atoms with E-state index < -0.39 is 29.0 Å². The van der Waals surface area contributed by atoms with Crippen LogP contribution < -0.4 is 4.74 Å². The standard InChI is InChI=1S/C29H24F3NO2/c1-2-3-4-5-6-7-18-8-12-22-19(14-18)10-13-23-24(22)16-26(31)27(28(23)32)29(34)35-21-11-9-20(17-33)25(30)15-21/h8-16H,2-7H2,1H3. The maximum absolute atomic E-state index is 15.3. The SMILES string of the molecule is CCCCCCCc1ccc2c(ccc3c(F)c(C(=O)Oc4ccc(C#N)c(F)c4)c(F)cc32)c1. The third-order valence-electron chi connectivity index (χ3n) is 6.14. The second-order valence-electron chi connectivity index (χ2n) is 8.57. The van der Waals surface area contributed by atoms with E-state index in [1.54, 1.807) is 12.1 Å². The minimum absolute atomic E-state index is 0.0872. The van der Waals surface area contributed by atoms with Gasteiger partial charge in [-0.3, -0.25) is 0 Å². The van der Waals surface area contributed by atoms with Gasteiger partial charge in [-0.15, -0.1) is 0 Å². The molecule has 0 fully saturated rings. The molecule has 0 N–H and O–H groups in total. The fourth-order valence-electron chi connectivity index (χ4n) is 4.27. The van der Waals surface area contributed by atoms with E-state index >= 15 is 4.39 Å². The molecule has 0 atom stereocenters. The van der Waals surface area contributed by atoms with Crippen molar-refractivity contribution in [3.05, 3.63) is 88.7 Å². The second kappa shape index (κ2) is 10.6. The van der Waals surface area contributed by atoms with Crippen LogP contribution in [0.1, 0.15) is 60.5 Å². The first-order valence-corrected chi connectivity index (χ1v) is 11.7. The number of carbonyl (C=O) groups is 1. The van der Waals surface area contributed by atoms with Gasteiger partial charge in [0.1, 0.15) is 34.8 Å². The molecule has 3 nitrogen and oxygen atoms in total. The first-order valence-electron chi connectivity index (χ1n) is 11.7. The quantitative estimate of drug-likeness (QED) is 0.112. The van der Waals surface area contributed by atoms with Crippen molar-refractivity contribution in [1.82, 2.24) is 0 Å². The number of carbonyl (C=O) groups excluding carboxylic acids is 1. The highest BCUT2D eigenvalue weighted by molar-refractivity contribution is 6.10. The predicted octanol–water partition coefficient (Wildman–Crippen LogP) is 8.01. The molecule has 0 aliphatic rings. The molecule has 0 radical (unpaired) electrons. The Balaban J connectivity index is 1.62. The van der Waals surface area contributed by atoms with Crippen LogP contribution in [0.4, 0.5) is 13.2 Å². The fraction of sp³-hybridized carbons (Fsp3) is 0.241. The van der Waals surface area contributed by atoms with Crippen molar-refractivity contribution in [2.75, 3.05) is 0 Å². The molecule has 6 heteroatoms. The Labute approximate surface area is 201 Å². The highest BCUT2D eigenvalue weighted by Gasteiger charge is 2.23. The molecule has 4 aromatic rings. The van der Waals surface area contributed by atoms with Gasteiger partial charge in [0.05, 0.1) is 5.56 Å². The summed E-state index contributed by atoms with van der Waals surface area (Å²) in [6.07, 6.45) is 6.87. The Bertz CT molecular complexity index is 1460. The van der Waals surface area contributed by atoms with Crippen molar-refractivity contribution in [2.24, 2.45) is 0 Å². The van der Waals surface area contributed by atoms with E-state index in [2.05, 4.69) is 6.92 Å². The number of nitriles is 1. The monoisotopic (exact) mass is 475 g/mol. The molecule has 0 amide bonds. The van der Waals surface area contributed by atoms with Crippen LogP contribution in [0, 0.1) is 28.8 Å². The van der Waals surface area contributed by atoms with Crippen molar-refractivity contribution in [2.45, 2.75) is 45.4 Å². The number of ether oxygens (including phenoxy) is 1. The molecule has 0 unspecified atom stereocenters. The van der Waals surface area contributed by atoms with Crippen molar-refractivity contribution in [3.63, 3.8) is 0 Å². The van der Waals surface area contributed by atoms with Crippen LogP contribution >= 0.6 is 0 Å². The number of nitrogens with zero attached hydrogens (tertiary/aromatic N) is 1. The number of esters is 1. The Hall–Kier alpha value is -3.85. The summed E-state index contributed by atoms with van der Waals surface area (Å²) in [7, 11) is 0. The van der Waals surface area contributed by atoms with Crippen molar-refractivity contribution in [1.29, 1.82) is 5.26 Å². The number of halogens is 3. The minimum Gasteiger partial charge on any atom is -0.423 e. The smallest absolute Gasteiger partial charge is 0.349 e. The molecule has 0 heterocycles. The molecule has 0 bridgehead atoms. The summed E-state index contributed by atoms with van der Waals surface area (Å²) in [6.45, 7) is 2.18. The van der Waals surface area contributed by atoms with Gasteiger partial charge in [0.2, 0.25) is 0 Å². The Morgan fingerprint density at radius 2 is 1.63 bits per heavy atom. The van der Waals surface area contributed by atoms with E-state index in [0.717, 1.165) is 36.4 Å². The molecule has 0 aliphatic heterocycles. The van der Waals surface area contributed by atoms with E-state index in [1.165, 1.54) is 43.4 Å². The highest BCUT2D eigenvalue weighted by Crippen LogP contribution is 2.32. The van der Waals surface area contributed by atoms with E-state index in [0.29, 0.717) is 10.8 Å². The second-order valence-corrected chi connectivity index (χ2v) is 8.57. The van der Waals surface area contributed by atoms with Gasteiger partial charge >= 0.3 is 5.97 Å². The third-order valence-corrected chi connectivity index (χ3v) is 6.14. The summed E-state index contributed by atoms with van der Waals surface area (Å²) in [5.41, 5.74) is 0.0776. The fourth-order valence-corrected chi connectivity index (χ4v) is 4.27. The first-order chi connectivity index (χ1) is 16.9. The largest absolute Gasteiger partial charge is 0.423 e. The molecule has 0 aliphatic carbocycles. The minimum atomic E-state index is -1.29. The van der Waals surface area contributed by atoms with Crippen LogP contribution in [0.25, 0.3) is 21.5 Å². The maximum atomic E-state index is 15.3. The number of rotatable bonds is 8. The number of benzene rings is 4. The summed E-state index contributed by atoms with van der Waals surface area (Å²) in [5.74, 6) is -4.55. The zero-order valence-corrected chi connectivity index (χ0v) is 19.3. The van der Waals surface area contributed by atoms with Gasteiger partial charge in [-0.1, -0.05) is 62.9 Å². The Morgan fingerprint density at radius 1 is 0.857 bits per heavy atom. The van der Waals surface area contributed by atoms with Crippen molar-refractivity contribution in [3.8, 4) is 11.8 Å². The topological polar surface area (TPSA) is 50.1 Å². The van der Waals surface area contributed by atoms with Crippen LogP contribution in [0.3, 0.4) is 0 Å². The molecule has 4 rings (SSSR count). The van der Waals surface area contributed by atoms with Gasteiger partial charge in [-0.05, 0) is 52.8 Å². The molecule has 0 saturated carbocycles. The summed E-state index contributed by atoms with van der Waals surface area (Å²) < 4.78 is 49.0. The molecular formula is C29H24F3NO2. The molecule has 4 aromatic carbocycles. The highest BCUT2D eigenvalue weighted by atomic mass is 19.1. The van der Waals surface area contributed by atoms with E-state index in [-0.39, 0.29) is 16.7 Å². The average Bonchev–Trinajstić information content (AvgIpc) is 2.83. The van der Waals surface area contributed by atoms with Gasteiger partial charge in [0.25, 0.3) is 0 Å². The summed E-state index contributed by atoms with van der Waals surface area (Å²) in [4.78, 5) is 12.5. The molecular weight excluding hydrogens is 451 g/mol. The molecule has 178 valence electrons. The summed E-state index contributed by atoms with van der Waals surface area (Å²) in [5, 5.41) is 10.8. The average molecular weight is 476 g/mol.